The molecule has 1 aromatic heterocycles. The lowest BCUT2D eigenvalue weighted by Crippen LogP contribution is -1.96. The Bertz CT molecular complexity index is 630. The smallest absolute Gasteiger partial charge is 0.145 e. The third-order valence-electron chi connectivity index (χ3n) is 2.53. The maximum Gasteiger partial charge on any atom is 0.145 e. The molecule has 19 heavy (non-hydrogen) atoms. The number of ether oxygens (including phenoxy) is 1. The van der Waals surface area contributed by atoms with Crippen LogP contribution in [0.4, 0.5) is 0 Å². The van der Waals surface area contributed by atoms with Gasteiger partial charge < -0.3 is 4.74 Å². The van der Waals surface area contributed by atoms with E-state index in [2.05, 4.69) is 11.1 Å². The van der Waals surface area contributed by atoms with Crippen molar-refractivity contribution in [3.05, 3.63) is 46.1 Å². The molecule has 0 saturated carbocycles. The summed E-state index contributed by atoms with van der Waals surface area (Å²) in [4.78, 5) is 4.42. The predicted molar refractivity (Wildman–Crippen MR) is 75.6 cm³/mol. The van der Waals surface area contributed by atoms with Crippen LogP contribution in [0.3, 0.4) is 0 Å². The summed E-state index contributed by atoms with van der Waals surface area (Å²) >= 11 is 12.0. The summed E-state index contributed by atoms with van der Waals surface area (Å²) in [5.74, 6) is 0.611. The van der Waals surface area contributed by atoms with E-state index in [0.717, 1.165) is 5.56 Å². The second-order valence-electron chi connectivity index (χ2n) is 3.85. The van der Waals surface area contributed by atoms with Crippen molar-refractivity contribution in [2.45, 2.75) is 6.42 Å². The first-order valence-corrected chi connectivity index (χ1v) is 6.27. The predicted octanol–water partition coefficient (Wildman–Crippen LogP) is 4.13. The molecule has 5 heteroatoms. The first kappa shape index (κ1) is 13.7. The van der Waals surface area contributed by atoms with Crippen LogP contribution in [0, 0.1) is 11.3 Å². The number of hydrogen-bond acceptors (Lipinski definition) is 3. The highest BCUT2D eigenvalue weighted by Crippen LogP contribution is 2.32. The number of aromatic nitrogens is 1. The minimum absolute atomic E-state index is 0.241. The van der Waals surface area contributed by atoms with Crippen LogP contribution in [0.5, 0.6) is 5.75 Å². The number of methoxy groups -OCH3 is 1. The lowest BCUT2D eigenvalue weighted by atomic mass is 10.1. The summed E-state index contributed by atoms with van der Waals surface area (Å²) in [5, 5.41) is 9.78. The summed E-state index contributed by atoms with van der Waals surface area (Å²) in [6.45, 7) is 0. The maximum absolute atomic E-state index is 8.73. The molecule has 0 bridgehead atoms. The van der Waals surface area contributed by atoms with Gasteiger partial charge in [-0.1, -0.05) is 23.2 Å². The fourth-order valence-corrected chi connectivity index (χ4v) is 2.25. The molecule has 0 N–H and O–H groups in total. The molecule has 0 aliphatic rings. The minimum atomic E-state index is 0.241. The van der Waals surface area contributed by atoms with E-state index in [9.17, 15) is 0 Å². The molecule has 0 atom stereocenters. The van der Waals surface area contributed by atoms with Gasteiger partial charge in [0.05, 0.1) is 25.3 Å². The van der Waals surface area contributed by atoms with E-state index in [0.29, 0.717) is 27.2 Å². The average Bonchev–Trinajstić information content (AvgIpc) is 2.38. The molecule has 0 fully saturated rings. The third kappa shape index (κ3) is 3.17. The van der Waals surface area contributed by atoms with Crippen LogP contribution in [-0.4, -0.2) is 12.1 Å². The Morgan fingerprint density at radius 3 is 2.47 bits per heavy atom. The monoisotopic (exact) mass is 292 g/mol. The van der Waals surface area contributed by atoms with Crippen LogP contribution >= 0.6 is 23.2 Å². The van der Waals surface area contributed by atoms with E-state index in [1.165, 1.54) is 0 Å². The Kier molecular flexibility index (Phi) is 4.26. The van der Waals surface area contributed by atoms with Crippen molar-refractivity contribution >= 4 is 23.2 Å². The number of hydrogen-bond donors (Lipinski definition) is 0. The van der Waals surface area contributed by atoms with Crippen LogP contribution < -0.4 is 4.74 Å². The van der Waals surface area contributed by atoms with Crippen LogP contribution in [0.1, 0.15) is 5.69 Å². The molecule has 0 spiro atoms. The Hall–Kier alpha value is -1.76. The highest BCUT2D eigenvalue weighted by atomic mass is 35.5. The first-order chi connectivity index (χ1) is 9.13. The normalized spacial score (nSPS) is 10.0. The lowest BCUT2D eigenvalue weighted by molar-refractivity contribution is 0.414. The zero-order valence-corrected chi connectivity index (χ0v) is 11.7. The van der Waals surface area contributed by atoms with E-state index >= 15 is 0 Å². The van der Waals surface area contributed by atoms with Crippen molar-refractivity contribution in [2.24, 2.45) is 0 Å². The van der Waals surface area contributed by atoms with Gasteiger partial charge in [-0.3, -0.25) is 0 Å². The highest BCUT2D eigenvalue weighted by molar-refractivity contribution is 6.35. The summed E-state index contributed by atoms with van der Waals surface area (Å²) < 4.78 is 5.28. The van der Waals surface area contributed by atoms with Crippen LogP contribution in [0.15, 0.2) is 30.3 Å². The van der Waals surface area contributed by atoms with Crippen LogP contribution in [0.25, 0.3) is 11.3 Å². The molecule has 0 aliphatic carbocycles. The zero-order chi connectivity index (χ0) is 13.8. The van der Waals surface area contributed by atoms with E-state index < -0.39 is 0 Å². The Morgan fingerprint density at radius 2 is 1.89 bits per heavy atom. The van der Waals surface area contributed by atoms with Gasteiger partial charge in [-0.2, -0.15) is 5.26 Å². The van der Waals surface area contributed by atoms with Gasteiger partial charge in [0.25, 0.3) is 0 Å². The van der Waals surface area contributed by atoms with Crippen LogP contribution in [0.2, 0.25) is 10.0 Å². The second kappa shape index (κ2) is 5.92. The van der Waals surface area contributed by atoms with Gasteiger partial charge in [0.15, 0.2) is 0 Å². The number of benzene rings is 1. The zero-order valence-electron chi connectivity index (χ0n) is 10.2. The molecule has 96 valence electrons. The van der Waals surface area contributed by atoms with Crippen LogP contribution in [-0.2, 0) is 6.42 Å². The number of nitrogens with zero attached hydrogens (tertiary/aromatic N) is 2. The van der Waals surface area contributed by atoms with Gasteiger partial charge >= 0.3 is 0 Å². The van der Waals surface area contributed by atoms with Crippen molar-refractivity contribution in [2.75, 3.05) is 7.11 Å². The second-order valence-corrected chi connectivity index (χ2v) is 4.72. The van der Waals surface area contributed by atoms with Gasteiger partial charge in [-0.15, -0.1) is 0 Å². The topological polar surface area (TPSA) is 45.9 Å². The molecule has 0 aliphatic heterocycles. The standard InChI is InChI=1S/C14H10Cl2N2O/c1-19-13-3-2-12(4-5-17)18-14(13)9-6-10(15)8-11(16)7-9/h2-3,6-8H,4H2,1H3. The summed E-state index contributed by atoms with van der Waals surface area (Å²) in [7, 11) is 1.57. The number of nitriles is 1. The molecule has 2 rings (SSSR count). The third-order valence-corrected chi connectivity index (χ3v) is 2.97. The molecule has 0 radical (unpaired) electrons. The fraction of sp³-hybridized carbons (Fsp3) is 0.143. The molecular formula is C14H10Cl2N2O. The van der Waals surface area contributed by atoms with E-state index in [1.54, 1.807) is 37.4 Å². The highest BCUT2D eigenvalue weighted by Gasteiger charge is 2.10. The van der Waals surface area contributed by atoms with E-state index in [1.807, 2.05) is 0 Å². The van der Waals surface area contributed by atoms with Gasteiger partial charge in [-0.25, -0.2) is 4.98 Å². The molecule has 1 heterocycles. The fourth-order valence-electron chi connectivity index (χ4n) is 1.73. The molecule has 0 unspecified atom stereocenters. The quantitative estimate of drug-likeness (QED) is 0.854. The van der Waals surface area contributed by atoms with E-state index in [4.69, 9.17) is 33.2 Å². The minimum Gasteiger partial charge on any atom is -0.494 e. The summed E-state index contributed by atoms with van der Waals surface area (Å²) in [6, 6.07) is 10.8. The summed E-state index contributed by atoms with van der Waals surface area (Å²) in [5.41, 5.74) is 2.06. The SMILES string of the molecule is COc1ccc(CC#N)nc1-c1cc(Cl)cc(Cl)c1. The molecular weight excluding hydrogens is 283 g/mol. The van der Waals surface area contributed by atoms with E-state index in [-0.39, 0.29) is 6.42 Å². The van der Waals surface area contributed by atoms with Crippen molar-refractivity contribution in [3.8, 4) is 23.1 Å². The van der Waals surface area contributed by atoms with Gasteiger partial charge in [0, 0.05) is 15.6 Å². The summed E-state index contributed by atoms with van der Waals surface area (Å²) in [6.07, 6.45) is 0.241. The average molecular weight is 293 g/mol. The van der Waals surface area contributed by atoms with Gasteiger partial charge in [-0.05, 0) is 30.3 Å². The van der Waals surface area contributed by atoms with Crippen molar-refractivity contribution in [1.82, 2.24) is 4.98 Å². The number of halogens is 2. The Morgan fingerprint density at radius 1 is 1.21 bits per heavy atom. The van der Waals surface area contributed by atoms with Gasteiger partial charge in [0.2, 0.25) is 0 Å². The van der Waals surface area contributed by atoms with Crippen molar-refractivity contribution in [1.29, 1.82) is 5.26 Å². The Labute approximate surface area is 121 Å². The molecule has 1 aromatic carbocycles. The molecule has 0 saturated heterocycles. The van der Waals surface area contributed by atoms with Crippen molar-refractivity contribution < 1.29 is 4.74 Å². The molecule has 2 aromatic rings. The maximum atomic E-state index is 8.73. The van der Waals surface area contributed by atoms with Gasteiger partial charge in [0.1, 0.15) is 11.4 Å². The lowest BCUT2D eigenvalue weighted by Gasteiger charge is -2.09. The van der Waals surface area contributed by atoms with Crippen molar-refractivity contribution in [3.63, 3.8) is 0 Å². The Balaban J connectivity index is 2.58. The first-order valence-electron chi connectivity index (χ1n) is 5.51. The number of rotatable bonds is 3. The molecule has 3 nitrogen and oxygen atoms in total. The number of pyridine rings is 1. The largest absolute Gasteiger partial charge is 0.494 e. The molecule has 0 amide bonds.